The predicted octanol–water partition coefficient (Wildman–Crippen LogP) is 3.42. The smallest absolute Gasteiger partial charge is 0.0195 e. The molecule has 0 aromatic heterocycles. The van der Waals surface area contributed by atoms with Crippen molar-refractivity contribution in [2.24, 2.45) is 5.92 Å². The lowest BCUT2D eigenvalue weighted by atomic mass is 9.92. The summed E-state index contributed by atoms with van der Waals surface area (Å²) in [5, 5.41) is 3.76. The SMILES string of the molecule is CCCC1CCN(CC2CCCCCCN2)CC1. The standard InChI is InChI=1S/C16H32N2/c1-2-7-15-9-12-18(13-10-15)14-16-8-5-3-4-6-11-17-16/h15-17H,2-14H2,1H3. The van der Waals surface area contributed by atoms with Gasteiger partial charge in [-0.2, -0.15) is 0 Å². The minimum atomic E-state index is 0.771. The maximum atomic E-state index is 3.76. The Morgan fingerprint density at radius 1 is 1.00 bits per heavy atom. The molecule has 2 saturated heterocycles. The molecule has 1 unspecified atom stereocenters. The van der Waals surface area contributed by atoms with Crippen LogP contribution in [0, 0.1) is 5.92 Å². The van der Waals surface area contributed by atoms with Gasteiger partial charge in [-0.25, -0.2) is 0 Å². The molecule has 0 spiro atoms. The maximum absolute atomic E-state index is 3.76. The Kier molecular flexibility index (Phi) is 6.50. The van der Waals surface area contributed by atoms with Gasteiger partial charge in [0, 0.05) is 12.6 Å². The van der Waals surface area contributed by atoms with Gasteiger partial charge in [-0.15, -0.1) is 0 Å². The van der Waals surface area contributed by atoms with E-state index in [-0.39, 0.29) is 0 Å². The van der Waals surface area contributed by atoms with Crippen molar-refractivity contribution in [2.45, 2.75) is 70.8 Å². The minimum absolute atomic E-state index is 0.771. The van der Waals surface area contributed by atoms with Crippen LogP contribution >= 0.6 is 0 Å². The minimum Gasteiger partial charge on any atom is -0.313 e. The molecule has 106 valence electrons. The van der Waals surface area contributed by atoms with Gasteiger partial charge in [0.1, 0.15) is 0 Å². The summed E-state index contributed by atoms with van der Waals surface area (Å²) in [6.45, 7) is 7.58. The number of nitrogens with one attached hydrogen (secondary N) is 1. The van der Waals surface area contributed by atoms with Crippen LogP contribution in [0.25, 0.3) is 0 Å². The van der Waals surface area contributed by atoms with Crippen LogP contribution in [-0.4, -0.2) is 37.1 Å². The quantitative estimate of drug-likeness (QED) is 0.825. The van der Waals surface area contributed by atoms with E-state index in [4.69, 9.17) is 0 Å². The van der Waals surface area contributed by atoms with Crippen LogP contribution in [0.1, 0.15) is 64.7 Å². The van der Waals surface area contributed by atoms with E-state index in [0.29, 0.717) is 0 Å². The molecule has 0 aromatic rings. The number of hydrogen-bond donors (Lipinski definition) is 1. The van der Waals surface area contributed by atoms with Crippen LogP contribution in [0.3, 0.4) is 0 Å². The lowest BCUT2D eigenvalue weighted by Crippen LogP contribution is -2.45. The molecule has 18 heavy (non-hydrogen) atoms. The molecule has 0 aromatic carbocycles. The van der Waals surface area contributed by atoms with Crippen molar-refractivity contribution < 1.29 is 0 Å². The largest absolute Gasteiger partial charge is 0.313 e. The summed E-state index contributed by atoms with van der Waals surface area (Å²) in [4.78, 5) is 2.71. The summed E-state index contributed by atoms with van der Waals surface area (Å²) in [6.07, 6.45) is 12.8. The second kappa shape index (κ2) is 8.16. The molecule has 2 nitrogen and oxygen atoms in total. The van der Waals surface area contributed by atoms with Gasteiger partial charge in [-0.05, 0) is 51.2 Å². The molecule has 0 aliphatic carbocycles. The molecule has 1 atom stereocenters. The summed E-state index contributed by atoms with van der Waals surface area (Å²) in [6, 6.07) is 0.771. The van der Waals surface area contributed by atoms with Gasteiger partial charge in [0.15, 0.2) is 0 Å². The topological polar surface area (TPSA) is 15.3 Å². The van der Waals surface area contributed by atoms with E-state index in [1.165, 1.54) is 84.0 Å². The van der Waals surface area contributed by atoms with E-state index in [9.17, 15) is 0 Å². The predicted molar refractivity (Wildman–Crippen MR) is 78.9 cm³/mol. The molecule has 1 N–H and O–H groups in total. The summed E-state index contributed by atoms with van der Waals surface area (Å²) in [7, 11) is 0. The van der Waals surface area contributed by atoms with Crippen molar-refractivity contribution in [3.05, 3.63) is 0 Å². The average Bonchev–Trinajstić information content (AvgIpc) is 2.35. The molecular formula is C16H32N2. The molecule has 2 aliphatic rings. The summed E-state index contributed by atoms with van der Waals surface area (Å²) in [5.41, 5.74) is 0. The third-order valence-electron chi connectivity index (χ3n) is 4.80. The zero-order valence-electron chi connectivity index (χ0n) is 12.3. The van der Waals surface area contributed by atoms with E-state index in [1.807, 2.05) is 0 Å². The van der Waals surface area contributed by atoms with E-state index in [0.717, 1.165) is 12.0 Å². The average molecular weight is 252 g/mol. The van der Waals surface area contributed by atoms with Gasteiger partial charge in [-0.3, -0.25) is 0 Å². The highest BCUT2D eigenvalue weighted by Gasteiger charge is 2.21. The van der Waals surface area contributed by atoms with Gasteiger partial charge >= 0.3 is 0 Å². The molecular weight excluding hydrogens is 220 g/mol. The van der Waals surface area contributed by atoms with Gasteiger partial charge < -0.3 is 10.2 Å². The number of hydrogen-bond acceptors (Lipinski definition) is 2. The fraction of sp³-hybridized carbons (Fsp3) is 1.00. The third-order valence-corrected chi connectivity index (χ3v) is 4.80. The van der Waals surface area contributed by atoms with Crippen molar-refractivity contribution >= 4 is 0 Å². The second-order valence-electron chi connectivity index (χ2n) is 6.39. The summed E-state index contributed by atoms with van der Waals surface area (Å²) >= 11 is 0. The van der Waals surface area contributed by atoms with Gasteiger partial charge in [0.25, 0.3) is 0 Å². The highest BCUT2D eigenvalue weighted by atomic mass is 15.2. The fourth-order valence-corrected chi connectivity index (χ4v) is 3.61. The lowest BCUT2D eigenvalue weighted by molar-refractivity contribution is 0.158. The Labute approximate surface area is 114 Å². The Morgan fingerprint density at radius 2 is 1.78 bits per heavy atom. The first-order valence-corrected chi connectivity index (χ1v) is 8.34. The van der Waals surface area contributed by atoms with Crippen molar-refractivity contribution in [1.82, 2.24) is 10.2 Å². The van der Waals surface area contributed by atoms with Crippen LogP contribution in [0.15, 0.2) is 0 Å². The molecule has 0 amide bonds. The van der Waals surface area contributed by atoms with E-state index in [1.54, 1.807) is 0 Å². The summed E-state index contributed by atoms with van der Waals surface area (Å²) in [5.74, 6) is 1.02. The van der Waals surface area contributed by atoms with E-state index in [2.05, 4.69) is 17.1 Å². The van der Waals surface area contributed by atoms with Crippen LogP contribution in [0.2, 0.25) is 0 Å². The molecule has 0 saturated carbocycles. The lowest BCUT2D eigenvalue weighted by Gasteiger charge is -2.35. The highest BCUT2D eigenvalue weighted by Crippen LogP contribution is 2.22. The van der Waals surface area contributed by atoms with Crippen LogP contribution in [0.5, 0.6) is 0 Å². The Bertz CT molecular complexity index is 201. The molecule has 2 fully saturated rings. The Balaban J connectivity index is 1.66. The zero-order valence-corrected chi connectivity index (χ0v) is 12.3. The first-order chi connectivity index (χ1) is 8.88. The number of piperidine rings is 1. The summed E-state index contributed by atoms with van der Waals surface area (Å²) < 4.78 is 0. The first kappa shape index (κ1) is 14.3. The Hall–Kier alpha value is -0.0800. The molecule has 2 heterocycles. The van der Waals surface area contributed by atoms with Gasteiger partial charge in [0.2, 0.25) is 0 Å². The zero-order chi connectivity index (χ0) is 12.6. The molecule has 2 rings (SSSR count). The fourth-order valence-electron chi connectivity index (χ4n) is 3.61. The highest BCUT2D eigenvalue weighted by molar-refractivity contribution is 4.78. The van der Waals surface area contributed by atoms with Crippen molar-refractivity contribution in [3.63, 3.8) is 0 Å². The number of likely N-dealkylation sites (tertiary alicyclic amines) is 1. The molecule has 0 bridgehead atoms. The second-order valence-corrected chi connectivity index (χ2v) is 6.39. The van der Waals surface area contributed by atoms with Crippen LogP contribution < -0.4 is 5.32 Å². The molecule has 2 aliphatic heterocycles. The van der Waals surface area contributed by atoms with Crippen molar-refractivity contribution in [2.75, 3.05) is 26.2 Å². The van der Waals surface area contributed by atoms with E-state index >= 15 is 0 Å². The molecule has 0 radical (unpaired) electrons. The first-order valence-electron chi connectivity index (χ1n) is 8.34. The monoisotopic (exact) mass is 252 g/mol. The van der Waals surface area contributed by atoms with Crippen LogP contribution in [-0.2, 0) is 0 Å². The van der Waals surface area contributed by atoms with Crippen molar-refractivity contribution in [1.29, 1.82) is 0 Å². The normalized spacial score (nSPS) is 28.8. The number of nitrogens with zero attached hydrogens (tertiary/aromatic N) is 1. The maximum Gasteiger partial charge on any atom is 0.0195 e. The molecule has 2 heteroatoms. The number of rotatable bonds is 4. The van der Waals surface area contributed by atoms with Gasteiger partial charge in [-0.1, -0.05) is 39.0 Å². The van der Waals surface area contributed by atoms with Crippen LogP contribution in [0.4, 0.5) is 0 Å². The van der Waals surface area contributed by atoms with Crippen molar-refractivity contribution in [3.8, 4) is 0 Å². The van der Waals surface area contributed by atoms with Gasteiger partial charge in [0.05, 0.1) is 0 Å². The third kappa shape index (κ3) is 4.89. The Morgan fingerprint density at radius 3 is 2.56 bits per heavy atom. The van der Waals surface area contributed by atoms with E-state index < -0.39 is 0 Å².